The molecule has 4 aromatic rings. The molecule has 146 valence electrons. The molecule has 0 unspecified atom stereocenters. The first-order chi connectivity index (χ1) is 14.2. The van der Waals surface area contributed by atoms with Crippen LogP contribution in [0.15, 0.2) is 49.2 Å². The number of hydrogen-bond donors (Lipinski definition) is 0. The molecular weight excluding hydrogens is 366 g/mol. The Morgan fingerprint density at radius 2 is 1.90 bits per heavy atom. The van der Waals surface area contributed by atoms with Crippen LogP contribution in [-0.2, 0) is 13.0 Å². The number of imidazole rings is 2. The van der Waals surface area contributed by atoms with Crippen molar-refractivity contribution >= 4 is 0 Å². The molecule has 0 aliphatic carbocycles. The van der Waals surface area contributed by atoms with Gasteiger partial charge < -0.3 is 14.0 Å². The van der Waals surface area contributed by atoms with Gasteiger partial charge in [-0.2, -0.15) is 0 Å². The molecule has 3 aromatic heterocycles. The normalized spacial score (nSPS) is 12.4. The molecular formula is C22H21N5O2. The number of ether oxygens (including phenoxy) is 2. The van der Waals surface area contributed by atoms with E-state index < -0.39 is 0 Å². The van der Waals surface area contributed by atoms with Crippen LogP contribution in [0, 0.1) is 6.92 Å². The first-order valence-corrected chi connectivity index (χ1v) is 9.46. The van der Waals surface area contributed by atoms with Crippen LogP contribution in [0.2, 0.25) is 0 Å². The number of benzene rings is 1. The van der Waals surface area contributed by atoms with Gasteiger partial charge in [-0.05, 0) is 43.2 Å². The second kappa shape index (κ2) is 6.77. The highest BCUT2D eigenvalue weighted by molar-refractivity contribution is 5.83. The van der Waals surface area contributed by atoms with Gasteiger partial charge >= 0.3 is 0 Å². The summed E-state index contributed by atoms with van der Waals surface area (Å²) in [5, 5.41) is 0. The average Bonchev–Trinajstić information content (AvgIpc) is 3.41. The van der Waals surface area contributed by atoms with Crippen LogP contribution in [0.3, 0.4) is 0 Å². The predicted octanol–water partition coefficient (Wildman–Crippen LogP) is 3.68. The molecule has 0 N–H and O–H groups in total. The van der Waals surface area contributed by atoms with E-state index in [2.05, 4.69) is 32.7 Å². The molecule has 4 heterocycles. The minimum Gasteiger partial charge on any atom is -0.493 e. The van der Waals surface area contributed by atoms with Crippen molar-refractivity contribution in [2.45, 2.75) is 19.9 Å². The molecule has 0 fully saturated rings. The van der Waals surface area contributed by atoms with E-state index in [1.165, 1.54) is 5.56 Å². The van der Waals surface area contributed by atoms with Gasteiger partial charge in [-0.1, -0.05) is 0 Å². The third kappa shape index (κ3) is 2.77. The van der Waals surface area contributed by atoms with Gasteiger partial charge in [0.1, 0.15) is 18.0 Å². The predicted molar refractivity (Wildman–Crippen MR) is 110 cm³/mol. The van der Waals surface area contributed by atoms with E-state index in [0.29, 0.717) is 0 Å². The number of methoxy groups -OCH3 is 2. The summed E-state index contributed by atoms with van der Waals surface area (Å²) in [5.74, 6) is 3.29. The van der Waals surface area contributed by atoms with Gasteiger partial charge in [0.25, 0.3) is 0 Å². The van der Waals surface area contributed by atoms with Gasteiger partial charge in [0, 0.05) is 36.3 Å². The summed E-state index contributed by atoms with van der Waals surface area (Å²) < 4.78 is 15.2. The van der Waals surface area contributed by atoms with Crippen molar-refractivity contribution in [3.05, 3.63) is 60.6 Å². The summed E-state index contributed by atoms with van der Waals surface area (Å²) in [6, 6.07) is 8.16. The van der Waals surface area contributed by atoms with Crippen molar-refractivity contribution in [1.29, 1.82) is 0 Å². The molecule has 0 radical (unpaired) electrons. The largest absolute Gasteiger partial charge is 0.493 e. The maximum absolute atomic E-state index is 5.55. The molecule has 29 heavy (non-hydrogen) atoms. The Morgan fingerprint density at radius 1 is 1.07 bits per heavy atom. The summed E-state index contributed by atoms with van der Waals surface area (Å²) in [6.45, 7) is 2.93. The van der Waals surface area contributed by atoms with Crippen LogP contribution in [0.25, 0.3) is 28.3 Å². The first-order valence-electron chi connectivity index (χ1n) is 9.46. The maximum Gasteiger partial charge on any atom is 0.161 e. The molecule has 1 aromatic carbocycles. The second-order valence-corrected chi connectivity index (χ2v) is 7.00. The highest BCUT2D eigenvalue weighted by Crippen LogP contribution is 2.42. The molecule has 1 aliphatic rings. The number of aryl methyl sites for hydroxylation is 2. The third-order valence-electron chi connectivity index (χ3n) is 5.42. The summed E-state index contributed by atoms with van der Waals surface area (Å²) in [6.07, 6.45) is 8.15. The molecule has 5 rings (SSSR count). The molecule has 7 nitrogen and oxygen atoms in total. The standard InChI is InChI=1S/C22H21N5O2/c1-14-25-21(16-4-5-20(24-12-16)26-9-7-23-13-26)22-17-11-19(29-3)18(28-2)10-15(17)6-8-27(14)22/h4-5,7,9-13H,6,8H2,1-3H3. The van der Waals surface area contributed by atoms with E-state index in [1.54, 1.807) is 26.7 Å². The van der Waals surface area contributed by atoms with Gasteiger partial charge in [0.2, 0.25) is 0 Å². The Morgan fingerprint density at radius 3 is 2.59 bits per heavy atom. The summed E-state index contributed by atoms with van der Waals surface area (Å²) in [4.78, 5) is 13.6. The summed E-state index contributed by atoms with van der Waals surface area (Å²) in [7, 11) is 3.33. The SMILES string of the molecule is COc1cc2c(cc1OC)-c1c(-c3ccc(-n4ccnc4)nc3)nc(C)n1CC2. The Labute approximate surface area is 168 Å². The number of fused-ring (bicyclic) bond motifs is 3. The smallest absolute Gasteiger partial charge is 0.161 e. The van der Waals surface area contributed by atoms with Crippen molar-refractivity contribution in [2.75, 3.05) is 14.2 Å². The molecule has 0 atom stereocenters. The van der Waals surface area contributed by atoms with Crippen LogP contribution in [-0.4, -0.2) is 38.3 Å². The molecule has 7 heteroatoms. The molecule has 0 saturated carbocycles. The van der Waals surface area contributed by atoms with E-state index in [4.69, 9.17) is 14.5 Å². The number of rotatable bonds is 4. The minimum atomic E-state index is 0.720. The van der Waals surface area contributed by atoms with Crippen molar-refractivity contribution < 1.29 is 9.47 Å². The fourth-order valence-corrected chi connectivity index (χ4v) is 3.97. The van der Waals surface area contributed by atoms with Gasteiger partial charge in [0.05, 0.1) is 25.6 Å². The number of pyridine rings is 1. The lowest BCUT2D eigenvalue weighted by molar-refractivity contribution is 0.354. The molecule has 0 bridgehead atoms. The zero-order valence-corrected chi connectivity index (χ0v) is 16.6. The Kier molecular flexibility index (Phi) is 4.08. The van der Waals surface area contributed by atoms with Crippen molar-refractivity contribution in [3.63, 3.8) is 0 Å². The zero-order valence-electron chi connectivity index (χ0n) is 16.6. The lowest BCUT2D eigenvalue weighted by atomic mass is 9.95. The van der Waals surface area contributed by atoms with Crippen LogP contribution < -0.4 is 9.47 Å². The summed E-state index contributed by atoms with van der Waals surface area (Å²) >= 11 is 0. The fourth-order valence-electron chi connectivity index (χ4n) is 3.97. The van der Waals surface area contributed by atoms with Gasteiger partial charge in [-0.25, -0.2) is 15.0 Å². The van der Waals surface area contributed by atoms with Crippen molar-refractivity contribution in [2.24, 2.45) is 0 Å². The van der Waals surface area contributed by atoms with Crippen LogP contribution >= 0.6 is 0 Å². The third-order valence-corrected chi connectivity index (χ3v) is 5.42. The molecule has 1 aliphatic heterocycles. The fraction of sp³-hybridized carbons (Fsp3) is 0.227. The molecule has 0 amide bonds. The van der Waals surface area contributed by atoms with E-state index in [9.17, 15) is 0 Å². The van der Waals surface area contributed by atoms with Crippen LogP contribution in [0.1, 0.15) is 11.4 Å². The molecule has 0 spiro atoms. The molecule has 0 saturated heterocycles. The summed E-state index contributed by atoms with van der Waals surface area (Å²) in [5.41, 5.74) is 5.37. The van der Waals surface area contributed by atoms with E-state index in [0.717, 1.165) is 58.6 Å². The highest BCUT2D eigenvalue weighted by Gasteiger charge is 2.26. The Bertz CT molecular complexity index is 1180. The zero-order chi connectivity index (χ0) is 20.0. The quantitative estimate of drug-likeness (QED) is 0.534. The minimum absolute atomic E-state index is 0.720. The Balaban J connectivity index is 1.65. The number of nitrogens with zero attached hydrogens (tertiary/aromatic N) is 5. The van der Waals surface area contributed by atoms with E-state index in [1.807, 2.05) is 30.0 Å². The van der Waals surface area contributed by atoms with Crippen molar-refractivity contribution in [3.8, 4) is 39.8 Å². The van der Waals surface area contributed by atoms with Gasteiger partial charge in [0.15, 0.2) is 11.5 Å². The average molecular weight is 387 g/mol. The van der Waals surface area contributed by atoms with Crippen LogP contribution in [0.5, 0.6) is 11.5 Å². The second-order valence-electron chi connectivity index (χ2n) is 7.00. The number of aromatic nitrogens is 5. The lowest BCUT2D eigenvalue weighted by Crippen LogP contribution is -2.12. The topological polar surface area (TPSA) is 67.0 Å². The van der Waals surface area contributed by atoms with E-state index in [-0.39, 0.29) is 0 Å². The van der Waals surface area contributed by atoms with E-state index >= 15 is 0 Å². The monoisotopic (exact) mass is 387 g/mol. The highest BCUT2D eigenvalue weighted by atomic mass is 16.5. The van der Waals surface area contributed by atoms with Crippen molar-refractivity contribution in [1.82, 2.24) is 24.1 Å². The van der Waals surface area contributed by atoms with Crippen LogP contribution in [0.4, 0.5) is 0 Å². The lowest BCUT2D eigenvalue weighted by Gasteiger charge is -2.22. The maximum atomic E-state index is 5.55. The number of hydrogen-bond acceptors (Lipinski definition) is 5. The van der Waals surface area contributed by atoms with Gasteiger partial charge in [-0.15, -0.1) is 0 Å². The Hall–Kier alpha value is -3.61. The van der Waals surface area contributed by atoms with Gasteiger partial charge in [-0.3, -0.25) is 4.57 Å². The first kappa shape index (κ1) is 17.5.